The number of para-hydroxylation sites is 1. The highest BCUT2D eigenvalue weighted by atomic mass is 127. The summed E-state index contributed by atoms with van der Waals surface area (Å²) < 4.78 is 0. The van der Waals surface area contributed by atoms with Crippen molar-refractivity contribution < 1.29 is 0 Å². The molecular formula is C23H30IN5S. The van der Waals surface area contributed by atoms with E-state index in [1.165, 1.54) is 39.2 Å². The Kier molecular flexibility index (Phi) is 8.74. The molecule has 5 nitrogen and oxygen atoms in total. The van der Waals surface area contributed by atoms with E-state index >= 15 is 0 Å². The van der Waals surface area contributed by atoms with Gasteiger partial charge in [-0.15, -0.1) is 24.0 Å². The first-order valence-corrected chi connectivity index (χ1v) is 11.4. The Morgan fingerprint density at radius 3 is 2.60 bits per heavy atom. The van der Waals surface area contributed by atoms with E-state index in [9.17, 15) is 0 Å². The van der Waals surface area contributed by atoms with Gasteiger partial charge in [-0.05, 0) is 35.7 Å². The summed E-state index contributed by atoms with van der Waals surface area (Å²) >= 11 is 2.04. The largest absolute Gasteiger partial charge is 0.370 e. The van der Waals surface area contributed by atoms with Gasteiger partial charge in [0.25, 0.3) is 0 Å². The third-order valence-electron chi connectivity index (χ3n) is 5.36. The molecule has 1 aliphatic heterocycles. The number of nitrogens with one attached hydrogen (secondary N) is 3. The fourth-order valence-corrected chi connectivity index (χ4v) is 4.61. The summed E-state index contributed by atoms with van der Waals surface area (Å²) in [7, 11) is 1.82. The van der Waals surface area contributed by atoms with Gasteiger partial charge in [-0.25, -0.2) is 0 Å². The average molecular weight is 535 g/mol. The molecule has 2 heterocycles. The monoisotopic (exact) mass is 535 g/mol. The minimum atomic E-state index is 0. The van der Waals surface area contributed by atoms with E-state index in [0.29, 0.717) is 0 Å². The van der Waals surface area contributed by atoms with Crippen molar-refractivity contribution in [3.05, 3.63) is 65.9 Å². The number of guanidine groups is 1. The van der Waals surface area contributed by atoms with Gasteiger partial charge in [0.15, 0.2) is 5.96 Å². The number of hydrogen-bond acceptors (Lipinski definition) is 3. The van der Waals surface area contributed by atoms with Crippen molar-refractivity contribution in [3.63, 3.8) is 0 Å². The smallest absolute Gasteiger partial charge is 0.191 e. The van der Waals surface area contributed by atoms with E-state index in [2.05, 4.69) is 80.2 Å². The van der Waals surface area contributed by atoms with E-state index in [0.717, 1.165) is 38.6 Å². The fraction of sp³-hybridized carbons (Fsp3) is 0.348. The first-order chi connectivity index (χ1) is 14.3. The minimum Gasteiger partial charge on any atom is -0.370 e. The number of hydrogen-bond donors (Lipinski definition) is 3. The SMILES string of the molecule is CN=C(NCCc1c[nH]c2ccccc12)NCc1ccc(N2CCSCC2)cc1.I. The van der Waals surface area contributed by atoms with Crippen LogP contribution >= 0.6 is 35.7 Å². The summed E-state index contributed by atoms with van der Waals surface area (Å²) in [4.78, 5) is 10.2. The third-order valence-corrected chi connectivity index (χ3v) is 6.30. The summed E-state index contributed by atoms with van der Waals surface area (Å²) in [6, 6.07) is 17.3. The maximum Gasteiger partial charge on any atom is 0.191 e. The van der Waals surface area contributed by atoms with Crippen LogP contribution in [0.1, 0.15) is 11.1 Å². The number of H-pyrrole nitrogens is 1. The Balaban J connectivity index is 0.00000256. The van der Waals surface area contributed by atoms with Crippen molar-refractivity contribution in [3.8, 4) is 0 Å². The molecule has 4 rings (SSSR count). The number of aromatic nitrogens is 1. The van der Waals surface area contributed by atoms with Crippen LogP contribution in [0.25, 0.3) is 10.9 Å². The molecule has 3 N–H and O–H groups in total. The minimum absolute atomic E-state index is 0. The lowest BCUT2D eigenvalue weighted by atomic mass is 10.1. The van der Waals surface area contributed by atoms with Crippen LogP contribution in [0.15, 0.2) is 59.7 Å². The van der Waals surface area contributed by atoms with E-state index in [4.69, 9.17) is 0 Å². The van der Waals surface area contributed by atoms with Crippen molar-refractivity contribution >= 4 is 58.3 Å². The lowest BCUT2D eigenvalue weighted by Crippen LogP contribution is -2.37. The number of aliphatic imine (C=N–C) groups is 1. The number of anilines is 1. The molecule has 1 fully saturated rings. The maximum absolute atomic E-state index is 4.35. The summed E-state index contributed by atoms with van der Waals surface area (Å²) in [5.74, 6) is 3.29. The normalized spacial score (nSPS) is 14.4. The van der Waals surface area contributed by atoms with Gasteiger partial charge in [-0.2, -0.15) is 11.8 Å². The van der Waals surface area contributed by atoms with Crippen molar-refractivity contribution in [1.29, 1.82) is 0 Å². The first-order valence-electron chi connectivity index (χ1n) is 10.2. The molecule has 7 heteroatoms. The molecule has 0 unspecified atom stereocenters. The Morgan fingerprint density at radius 2 is 1.83 bits per heavy atom. The molecular weight excluding hydrogens is 505 g/mol. The highest BCUT2D eigenvalue weighted by molar-refractivity contribution is 14.0. The number of thioether (sulfide) groups is 1. The Hall–Kier alpha value is -1.87. The van der Waals surface area contributed by atoms with Gasteiger partial charge < -0.3 is 20.5 Å². The first kappa shape index (κ1) is 22.8. The predicted octanol–water partition coefficient (Wildman–Crippen LogP) is 4.25. The molecule has 0 bridgehead atoms. The molecule has 0 radical (unpaired) electrons. The predicted molar refractivity (Wildman–Crippen MR) is 142 cm³/mol. The number of benzene rings is 2. The number of aromatic amines is 1. The summed E-state index contributed by atoms with van der Waals surface area (Å²) in [6.07, 6.45) is 3.05. The summed E-state index contributed by atoms with van der Waals surface area (Å²) in [5.41, 5.74) is 5.11. The number of fused-ring (bicyclic) bond motifs is 1. The number of nitrogens with zero attached hydrogens (tertiary/aromatic N) is 2. The van der Waals surface area contributed by atoms with Gasteiger partial charge in [0, 0.05) is 67.5 Å². The molecule has 1 aliphatic rings. The summed E-state index contributed by atoms with van der Waals surface area (Å²) in [5, 5.41) is 8.13. The number of halogens is 1. The van der Waals surface area contributed by atoms with Crippen molar-refractivity contribution in [2.45, 2.75) is 13.0 Å². The second-order valence-corrected chi connectivity index (χ2v) is 8.45. The van der Waals surface area contributed by atoms with Crippen LogP contribution in [0.5, 0.6) is 0 Å². The van der Waals surface area contributed by atoms with Crippen LogP contribution in [0.2, 0.25) is 0 Å². The Morgan fingerprint density at radius 1 is 1.07 bits per heavy atom. The van der Waals surface area contributed by atoms with Crippen LogP contribution < -0.4 is 15.5 Å². The van der Waals surface area contributed by atoms with Crippen LogP contribution in [-0.4, -0.2) is 49.1 Å². The van der Waals surface area contributed by atoms with Crippen LogP contribution in [0, 0.1) is 0 Å². The molecule has 0 atom stereocenters. The standard InChI is InChI=1S/C23H29N5S.HI/c1-24-23(25-11-10-19-17-26-22-5-3-2-4-21(19)22)27-16-18-6-8-20(9-7-18)28-12-14-29-15-13-28;/h2-9,17,26H,10-16H2,1H3,(H2,24,25,27);1H. The van der Waals surface area contributed by atoms with Crippen molar-refractivity contribution in [2.75, 3.05) is 43.1 Å². The lowest BCUT2D eigenvalue weighted by Gasteiger charge is -2.28. The van der Waals surface area contributed by atoms with Gasteiger partial charge in [-0.3, -0.25) is 4.99 Å². The molecule has 0 spiro atoms. The van der Waals surface area contributed by atoms with Gasteiger partial charge in [0.2, 0.25) is 0 Å². The zero-order valence-corrected chi connectivity index (χ0v) is 20.5. The summed E-state index contributed by atoms with van der Waals surface area (Å²) in [6.45, 7) is 3.90. The average Bonchev–Trinajstić information content (AvgIpc) is 3.20. The Bertz CT molecular complexity index is 948. The molecule has 3 aromatic rings. The second-order valence-electron chi connectivity index (χ2n) is 7.23. The molecule has 0 amide bonds. The van der Waals surface area contributed by atoms with Gasteiger partial charge in [0.05, 0.1) is 0 Å². The van der Waals surface area contributed by atoms with Crippen molar-refractivity contribution in [2.24, 2.45) is 4.99 Å². The second kappa shape index (κ2) is 11.5. The highest BCUT2D eigenvalue weighted by Gasteiger charge is 2.10. The van der Waals surface area contributed by atoms with E-state index in [1.54, 1.807) is 0 Å². The lowest BCUT2D eigenvalue weighted by molar-refractivity contribution is 0.796. The van der Waals surface area contributed by atoms with E-state index in [1.807, 2.05) is 18.8 Å². The van der Waals surface area contributed by atoms with Gasteiger partial charge in [0.1, 0.15) is 0 Å². The molecule has 30 heavy (non-hydrogen) atoms. The van der Waals surface area contributed by atoms with E-state index < -0.39 is 0 Å². The third kappa shape index (κ3) is 5.85. The van der Waals surface area contributed by atoms with Crippen LogP contribution in [-0.2, 0) is 13.0 Å². The zero-order chi connectivity index (χ0) is 19.9. The number of rotatable bonds is 6. The van der Waals surface area contributed by atoms with Crippen LogP contribution in [0.3, 0.4) is 0 Å². The quantitative estimate of drug-likeness (QED) is 0.251. The molecule has 1 aromatic heterocycles. The van der Waals surface area contributed by atoms with E-state index in [-0.39, 0.29) is 24.0 Å². The molecule has 2 aromatic carbocycles. The van der Waals surface area contributed by atoms with Crippen LogP contribution in [0.4, 0.5) is 5.69 Å². The van der Waals surface area contributed by atoms with Gasteiger partial charge >= 0.3 is 0 Å². The maximum atomic E-state index is 4.35. The molecule has 1 saturated heterocycles. The van der Waals surface area contributed by atoms with Gasteiger partial charge in [-0.1, -0.05) is 30.3 Å². The highest BCUT2D eigenvalue weighted by Crippen LogP contribution is 2.20. The molecule has 0 saturated carbocycles. The topological polar surface area (TPSA) is 55.5 Å². The molecule has 160 valence electrons. The fourth-order valence-electron chi connectivity index (χ4n) is 3.71. The Labute approximate surface area is 200 Å². The van der Waals surface area contributed by atoms with Crippen molar-refractivity contribution in [1.82, 2.24) is 15.6 Å². The zero-order valence-electron chi connectivity index (χ0n) is 17.4. The molecule has 0 aliphatic carbocycles.